The van der Waals surface area contributed by atoms with E-state index >= 15 is 0 Å². The van der Waals surface area contributed by atoms with E-state index in [0.717, 1.165) is 44.6 Å². The van der Waals surface area contributed by atoms with E-state index < -0.39 is 29.2 Å². The molecule has 2 aromatic rings. The summed E-state index contributed by atoms with van der Waals surface area (Å²) in [5.74, 6) is -1.25. The molecule has 0 aliphatic carbocycles. The molecule has 168 valence electrons. The van der Waals surface area contributed by atoms with Crippen molar-refractivity contribution >= 4 is 5.91 Å². The predicted octanol–water partition coefficient (Wildman–Crippen LogP) is 4.33. The second kappa shape index (κ2) is 9.40. The first-order valence-corrected chi connectivity index (χ1v) is 10.6. The van der Waals surface area contributed by atoms with Crippen LogP contribution in [0.25, 0.3) is 0 Å². The van der Waals surface area contributed by atoms with Crippen LogP contribution in [0.3, 0.4) is 0 Å². The molecule has 31 heavy (non-hydrogen) atoms. The van der Waals surface area contributed by atoms with Crippen molar-refractivity contribution in [1.82, 2.24) is 10.2 Å². The number of aliphatic hydroxyl groups is 1. The second-order valence-electron chi connectivity index (χ2n) is 8.51. The van der Waals surface area contributed by atoms with Gasteiger partial charge in [-0.15, -0.1) is 0 Å². The topological polar surface area (TPSA) is 52.6 Å². The monoisotopic (exact) mass is 434 g/mol. The Balaban J connectivity index is 1.66. The summed E-state index contributed by atoms with van der Waals surface area (Å²) in [6, 6.07) is 14.4. The summed E-state index contributed by atoms with van der Waals surface area (Å²) in [5.41, 5.74) is -1.74. The quantitative estimate of drug-likeness (QED) is 0.712. The maximum atomic E-state index is 13.1. The first kappa shape index (κ1) is 23.3. The fourth-order valence-corrected chi connectivity index (χ4v) is 4.03. The molecule has 1 atom stereocenters. The van der Waals surface area contributed by atoms with E-state index in [9.17, 15) is 23.1 Å². The van der Waals surface area contributed by atoms with E-state index in [-0.39, 0.29) is 11.6 Å². The molecule has 2 aromatic carbocycles. The molecular formula is C24H29F3N2O2. The van der Waals surface area contributed by atoms with Crippen LogP contribution >= 0.6 is 0 Å². The molecule has 1 fully saturated rings. The van der Waals surface area contributed by atoms with E-state index in [1.54, 1.807) is 13.8 Å². The lowest BCUT2D eigenvalue weighted by Gasteiger charge is -2.36. The zero-order chi connectivity index (χ0) is 22.6. The van der Waals surface area contributed by atoms with Crippen LogP contribution in [0.15, 0.2) is 54.6 Å². The van der Waals surface area contributed by atoms with Gasteiger partial charge in [0, 0.05) is 25.7 Å². The van der Waals surface area contributed by atoms with Gasteiger partial charge in [0.05, 0.1) is 5.56 Å². The Morgan fingerprint density at radius 3 is 2.26 bits per heavy atom. The standard InChI is InChI=1S/C24H29F3N2O2/c1-17(2)23(31,19-9-6-10-20(15-19)24(25,26)27)22(30)28-21-11-13-29(14-12-21)16-18-7-4-3-5-8-18/h3-10,15,17,21,31H,11-14,16H2,1-2H3,(H,28,30). The predicted molar refractivity (Wildman–Crippen MR) is 113 cm³/mol. The van der Waals surface area contributed by atoms with Gasteiger partial charge >= 0.3 is 6.18 Å². The molecule has 0 spiro atoms. The molecule has 2 N–H and O–H groups in total. The third-order valence-corrected chi connectivity index (χ3v) is 5.98. The van der Waals surface area contributed by atoms with Crippen LogP contribution in [-0.4, -0.2) is 35.0 Å². The van der Waals surface area contributed by atoms with Crippen LogP contribution in [0.5, 0.6) is 0 Å². The Bertz CT molecular complexity index is 878. The Labute approximate surface area is 181 Å². The third kappa shape index (κ3) is 5.46. The molecule has 0 aromatic heterocycles. The number of hydrogen-bond donors (Lipinski definition) is 2. The molecule has 1 unspecified atom stereocenters. The van der Waals surface area contributed by atoms with Gasteiger partial charge in [-0.2, -0.15) is 13.2 Å². The highest BCUT2D eigenvalue weighted by molar-refractivity contribution is 5.87. The van der Waals surface area contributed by atoms with Crippen molar-refractivity contribution < 1.29 is 23.1 Å². The highest BCUT2D eigenvalue weighted by atomic mass is 19.4. The number of nitrogens with zero attached hydrogens (tertiary/aromatic N) is 1. The average Bonchev–Trinajstić information content (AvgIpc) is 2.74. The Hall–Kier alpha value is -2.38. The lowest BCUT2D eigenvalue weighted by Crippen LogP contribution is -2.53. The molecule has 0 radical (unpaired) electrons. The minimum atomic E-state index is -4.55. The van der Waals surface area contributed by atoms with Crippen molar-refractivity contribution in [1.29, 1.82) is 0 Å². The number of alkyl halides is 3. The SMILES string of the molecule is CC(C)C(O)(C(=O)NC1CCN(Cc2ccccc2)CC1)c1cccc(C(F)(F)F)c1. The highest BCUT2D eigenvalue weighted by Gasteiger charge is 2.43. The van der Waals surface area contributed by atoms with E-state index in [4.69, 9.17) is 0 Å². The van der Waals surface area contributed by atoms with Crippen LogP contribution in [-0.2, 0) is 23.1 Å². The Kier molecular flexibility index (Phi) is 7.06. The van der Waals surface area contributed by atoms with Crippen molar-refractivity contribution in [3.63, 3.8) is 0 Å². The first-order chi connectivity index (χ1) is 14.6. The van der Waals surface area contributed by atoms with Crippen LogP contribution in [0.2, 0.25) is 0 Å². The molecule has 3 rings (SSSR count). The molecular weight excluding hydrogens is 405 g/mol. The lowest BCUT2D eigenvalue weighted by molar-refractivity contribution is -0.148. The highest BCUT2D eigenvalue weighted by Crippen LogP contribution is 2.35. The molecule has 1 aliphatic rings. The van der Waals surface area contributed by atoms with Crippen molar-refractivity contribution in [2.75, 3.05) is 13.1 Å². The number of rotatable bonds is 6. The Morgan fingerprint density at radius 2 is 1.68 bits per heavy atom. The molecule has 1 aliphatic heterocycles. The summed E-state index contributed by atoms with van der Waals surface area (Å²) >= 11 is 0. The zero-order valence-corrected chi connectivity index (χ0v) is 17.8. The maximum absolute atomic E-state index is 13.1. The van der Waals surface area contributed by atoms with Gasteiger partial charge in [-0.05, 0) is 42.0 Å². The number of likely N-dealkylation sites (tertiary alicyclic amines) is 1. The molecule has 0 saturated carbocycles. The Morgan fingerprint density at radius 1 is 1.06 bits per heavy atom. The third-order valence-electron chi connectivity index (χ3n) is 5.98. The van der Waals surface area contributed by atoms with E-state index in [1.165, 1.54) is 17.7 Å². The lowest BCUT2D eigenvalue weighted by atomic mass is 9.81. The van der Waals surface area contributed by atoms with E-state index in [1.807, 2.05) is 18.2 Å². The zero-order valence-electron chi connectivity index (χ0n) is 17.8. The number of hydrogen-bond acceptors (Lipinski definition) is 3. The molecule has 4 nitrogen and oxygen atoms in total. The van der Waals surface area contributed by atoms with E-state index in [2.05, 4.69) is 22.3 Å². The minimum absolute atomic E-state index is 0.0451. The number of halogens is 3. The normalized spacial score (nSPS) is 18.0. The van der Waals surface area contributed by atoms with Gasteiger partial charge in [-0.1, -0.05) is 56.3 Å². The van der Waals surface area contributed by atoms with Crippen LogP contribution in [0, 0.1) is 5.92 Å². The first-order valence-electron chi connectivity index (χ1n) is 10.6. The second-order valence-corrected chi connectivity index (χ2v) is 8.51. The number of nitrogens with one attached hydrogen (secondary N) is 1. The van der Waals surface area contributed by atoms with Crippen molar-refractivity contribution in [3.05, 3.63) is 71.3 Å². The number of amides is 1. The molecule has 7 heteroatoms. The number of carbonyl (C=O) groups excluding carboxylic acids is 1. The average molecular weight is 435 g/mol. The minimum Gasteiger partial charge on any atom is -0.375 e. The molecule has 1 heterocycles. The van der Waals surface area contributed by atoms with Crippen LogP contribution < -0.4 is 5.32 Å². The fraction of sp³-hybridized carbons (Fsp3) is 0.458. The van der Waals surface area contributed by atoms with Gasteiger partial charge in [-0.25, -0.2) is 0 Å². The van der Waals surface area contributed by atoms with E-state index in [0.29, 0.717) is 0 Å². The largest absolute Gasteiger partial charge is 0.416 e. The van der Waals surface area contributed by atoms with Crippen LogP contribution in [0.1, 0.15) is 43.4 Å². The number of piperidine rings is 1. The van der Waals surface area contributed by atoms with Gasteiger partial charge in [0.15, 0.2) is 5.60 Å². The van der Waals surface area contributed by atoms with Crippen molar-refractivity contribution in [3.8, 4) is 0 Å². The summed E-state index contributed by atoms with van der Waals surface area (Å²) in [4.78, 5) is 15.4. The smallest absolute Gasteiger partial charge is 0.375 e. The fourth-order valence-electron chi connectivity index (χ4n) is 4.03. The van der Waals surface area contributed by atoms with Gasteiger partial charge in [-0.3, -0.25) is 9.69 Å². The van der Waals surface area contributed by atoms with Gasteiger partial charge < -0.3 is 10.4 Å². The maximum Gasteiger partial charge on any atom is 0.416 e. The van der Waals surface area contributed by atoms with Crippen LogP contribution in [0.4, 0.5) is 13.2 Å². The van der Waals surface area contributed by atoms with Gasteiger partial charge in [0.1, 0.15) is 0 Å². The summed E-state index contributed by atoms with van der Waals surface area (Å²) in [5, 5.41) is 14.1. The molecule has 0 bridgehead atoms. The van der Waals surface area contributed by atoms with Gasteiger partial charge in [0.2, 0.25) is 0 Å². The summed E-state index contributed by atoms with van der Waals surface area (Å²) in [6.45, 7) is 5.68. The molecule has 1 saturated heterocycles. The van der Waals surface area contributed by atoms with Crippen molar-refractivity contribution in [2.45, 2.75) is 51.1 Å². The number of carbonyl (C=O) groups is 1. The van der Waals surface area contributed by atoms with Crippen molar-refractivity contribution in [2.24, 2.45) is 5.92 Å². The summed E-state index contributed by atoms with van der Waals surface area (Å²) in [7, 11) is 0. The summed E-state index contributed by atoms with van der Waals surface area (Å²) in [6.07, 6.45) is -3.11. The molecule has 1 amide bonds. The summed E-state index contributed by atoms with van der Waals surface area (Å²) < 4.78 is 39.4. The van der Waals surface area contributed by atoms with Gasteiger partial charge in [0.25, 0.3) is 5.91 Å². The number of benzene rings is 2.